The summed E-state index contributed by atoms with van der Waals surface area (Å²) in [5.74, 6) is 0. The van der Waals surface area contributed by atoms with Crippen molar-refractivity contribution in [2.45, 2.75) is 18.1 Å². The predicted octanol–water partition coefficient (Wildman–Crippen LogP) is 1.72. The van der Waals surface area contributed by atoms with E-state index in [4.69, 9.17) is 5.73 Å². The quantitative estimate of drug-likeness (QED) is 0.778. The van der Waals surface area contributed by atoms with Gasteiger partial charge in [-0.25, -0.2) is 0 Å². The second-order valence-electron chi connectivity index (χ2n) is 4.50. The number of pyridine rings is 1. The average Bonchev–Trinajstić information content (AvgIpc) is 2.65. The molecule has 3 rings (SSSR count). The number of nitrogens with zero attached hydrogens (tertiary/aromatic N) is 1. The van der Waals surface area contributed by atoms with E-state index < -0.39 is 5.60 Å². The van der Waals surface area contributed by atoms with Gasteiger partial charge in [0.1, 0.15) is 5.60 Å². The Morgan fingerprint density at radius 3 is 2.82 bits per heavy atom. The number of nitrogens with two attached hydrogens (primary N) is 1. The van der Waals surface area contributed by atoms with Crippen LogP contribution in [-0.2, 0) is 5.60 Å². The lowest BCUT2D eigenvalue weighted by Crippen LogP contribution is -2.25. The molecule has 0 spiro atoms. The summed E-state index contributed by atoms with van der Waals surface area (Å²) < 4.78 is 0. The molecule has 0 aliphatic heterocycles. The van der Waals surface area contributed by atoms with Gasteiger partial charge >= 0.3 is 0 Å². The van der Waals surface area contributed by atoms with Crippen LogP contribution in [0.15, 0.2) is 48.8 Å². The van der Waals surface area contributed by atoms with Gasteiger partial charge in [-0.05, 0) is 17.2 Å². The Balaban J connectivity index is 2.18. The molecule has 2 atom stereocenters. The fraction of sp³-hybridized carbons (Fsp3) is 0.214. The zero-order chi connectivity index (χ0) is 11.9. The van der Waals surface area contributed by atoms with Crippen LogP contribution in [0.2, 0.25) is 0 Å². The van der Waals surface area contributed by atoms with Crippen molar-refractivity contribution in [1.82, 2.24) is 4.98 Å². The van der Waals surface area contributed by atoms with E-state index in [1.165, 1.54) is 0 Å². The Hall–Kier alpha value is -1.71. The highest BCUT2D eigenvalue weighted by molar-refractivity contribution is 5.46. The summed E-state index contributed by atoms with van der Waals surface area (Å²) in [5, 5.41) is 10.9. The largest absolute Gasteiger partial charge is 0.380 e. The number of aliphatic hydroxyl groups is 1. The standard InChI is InChI=1S/C14H14N2O/c15-13-8-14(17,10-4-3-7-16-9-10)12-6-2-1-5-11(12)13/h1-7,9,13,17H,8,15H2. The molecule has 0 radical (unpaired) electrons. The van der Waals surface area contributed by atoms with Crippen molar-refractivity contribution in [3.63, 3.8) is 0 Å². The first-order valence-electron chi connectivity index (χ1n) is 5.70. The molecule has 2 unspecified atom stereocenters. The Bertz CT molecular complexity index is 541. The lowest BCUT2D eigenvalue weighted by Gasteiger charge is -2.24. The average molecular weight is 226 g/mol. The second kappa shape index (κ2) is 3.65. The summed E-state index contributed by atoms with van der Waals surface area (Å²) in [4.78, 5) is 4.07. The minimum atomic E-state index is -0.996. The van der Waals surface area contributed by atoms with E-state index >= 15 is 0 Å². The molecule has 2 aromatic rings. The molecule has 17 heavy (non-hydrogen) atoms. The van der Waals surface area contributed by atoms with Crippen molar-refractivity contribution in [3.8, 4) is 0 Å². The first kappa shape index (κ1) is 10.4. The van der Waals surface area contributed by atoms with E-state index in [1.54, 1.807) is 12.4 Å². The van der Waals surface area contributed by atoms with Gasteiger partial charge in [-0.2, -0.15) is 0 Å². The SMILES string of the molecule is NC1CC(O)(c2cccnc2)c2ccccc21. The van der Waals surface area contributed by atoms with Crippen LogP contribution in [0.25, 0.3) is 0 Å². The van der Waals surface area contributed by atoms with E-state index in [9.17, 15) is 5.11 Å². The van der Waals surface area contributed by atoms with Crippen molar-refractivity contribution in [3.05, 3.63) is 65.5 Å². The molecule has 0 bridgehead atoms. The van der Waals surface area contributed by atoms with Gasteiger partial charge in [0.15, 0.2) is 0 Å². The zero-order valence-electron chi connectivity index (χ0n) is 9.38. The van der Waals surface area contributed by atoms with E-state index in [-0.39, 0.29) is 6.04 Å². The highest BCUT2D eigenvalue weighted by atomic mass is 16.3. The molecule has 0 fully saturated rings. The Labute approximate surface area is 99.9 Å². The van der Waals surface area contributed by atoms with Crippen LogP contribution in [0.4, 0.5) is 0 Å². The van der Waals surface area contributed by atoms with E-state index in [1.807, 2.05) is 36.4 Å². The summed E-state index contributed by atoms with van der Waals surface area (Å²) in [7, 11) is 0. The van der Waals surface area contributed by atoms with Crippen LogP contribution < -0.4 is 5.73 Å². The molecule has 86 valence electrons. The molecule has 3 N–H and O–H groups in total. The fourth-order valence-corrected chi connectivity index (χ4v) is 2.62. The van der Waals surface area contributed by atoms with E-state index in [2.05, 4.69) is 4.98 Å². The maximum atomic E-state index is 10.9. The molecule has 3 nitrogen and oxygen atoms in total. The number of fused-ring (bicyclic) bond motifs is 1. The van der Waals surface area contributed by atoms with E-state index in [0.29, 0.717) is 6.42 Å². The number of hydrogen-bond acceptors (Lipinski definition) is 3. The molecule has 0 amide bonds. The van der Waals surface area contributed by atoms with Gasteiger partial charge in [0.25, 0.3) is 0 Å². The van der Waals surface area contributed by atoms with Gasteiger partial charge in [0.05, 0.1) is 0 Å². The van der Waals surface area contributed by atoms with Gasteiger partial charge in [-0.15, -0.1) is 0 Å². The zero-order valence-corrected chi connectivity index (χ0v) is 9.38. The highest BCUT2D eigenvalue weighted by Gasteiger charge is 2.42. The van der Waals surface area contributed by atoms with Gasteiger partial charge in [0, 0.05) is 30.4 Å². The molecule has 1 heterocycles. The second-order valence-corrected chi connectivity index (χ2v) is 4.50. The maximum Gasteiger partial charge on any atom is 0.118 e. The molecule has 3 heteroatoms. The Morgan fingerprint density at radius 2 is 2.06 bits per heavy atom. The summed E-state index contributed by atoms with van der Waals surface area (Å²) in [6.45, 7) is 0. The van der Waals surface area contributed by atoms with Crippen molar-refractivity contribution < 1.29 is 5.11 Å². The number of benzene rings is 1. The van der Waals surface area contributed by atoms with Crippen LogP contribution in [-0.4, -0.2) is 10.1 Å². The van der Waals surface area contributed by atoms with E-state index in [0.717, 1.165) is 16.7 Å². The Kier molecular flexibility index (Phi) is 2.24. The third kappa shape index (κ3) is 1.47. The highest BCUT2D eigenvalue weighted by Crippen LogP contribution is 2.45. The minimum Gasteiger partial charge on any atom is -0.380 e. The van der Waals surface area contributed by atoms with Crippen LogP contribution in [0.5, 0.6) is 0 Å². The van der Waals surface area contributed by atoms with Crippen LogP contribution in [0.3, 0.4) is 0 Å². The summed E-state index contributed by atoms with van der Waals surface area (Å²) in [6.07, 6.45) is 3.92. The number of aromatic nitrogens is 1. The lowest BCUT2D eigenvalue weighted by atomic mass is 9.89. The maximum absolute atomic E-state index is 10.9. The smallest absolute Gasteiger partial charge is 0.118 e. The molecular formula is C14H14N2O. The predicted molar refractivity (Wildman–Crippen MR) is 65.2 cm³/mol. The monoisotopic (exact) mass is 226 g/mol. The Morgan fingerprint density at radius 1 is 1.24 bits per heavy atom. The minimum absolute atomic E-state index is 0.114. The molecular weight excluding hydrogens is 212 g/mol. The molecule has 0 saturated carbocycles. The number of rotatable bonds is 1. The van der Waals surface area contributed by atoms with Crippen molar-refractivity contribution in [1.29, 1.82) is 0 Å². The van der Waals surface area contributed by atoms with Crippen molar-refractivity contribution in [2.75, 3.05) is 0 Å². The van der Waals surface area contributed by atoms with Gasteiger partial charge in [-0.1, -0.05) is 30.3 Å². The van der Waals surface area contributed by atoms with Crippen molar-refractivity contribution >= 4 is 0 Å². The molecule has 0 saturated heterocycles. The first-order valence-corrected chi connectivity index (χ1v) is 5.70. The van der Waals surface area contributed by atoms with Crippen LogP contribution in [0, 0.1) is 0 Å². The lowest BCUT2D eigenvalue weighted by molar-refractivity contribution is 0.0773. The molecule has 1 aliphatic rings. The van der Waals surface area contributed by atoms with Gasteiger partial charge in [0.2, 0.25) is 0 Å². The molecule has 1 aromatic heterocycles. The fourth-order valence-electron chi connectivity index (χ4n) is 2.62. The summed E-state index contributed by atoms with van der Waals surface area (Å²) >= 11 is 0. The number of hydrogen-bond donors (Lipinski definition) is 2. The van der Waals surface area contributed by atoms with Crippen LogP contribution in [0.1, 0.15) is 29.2 Å². The summed E-state index contributed by atoms with van der Waals surface area (Å²) in [6, 6.07) is 11.4. The van der Waals surface area contributed by atoms with Crippen molar-refractivity contribution in [2.24, 2.45) is 5.73 Å². The molecule has 1 aromatic carbocycles. The first-order chi connectivity index (χ1) is 8.22. The van der Waals surface area contributed by atoms with Crippen LogP contribution >= 0.6 is 0 Å². The van der Waals surface area contributed by atoms with Gasteiger partial charge in [-0.3, -0.25) is 4.98 Å². The van der Waals surface area contributed by atoms with Gasteiger partial charge < -0.3 is 10.8 Å². The third-order valence-corrected chi connectivity index (χ3v) is 3.46. The summed E-state index contributed by atoms with van der Waals surface area (Å²) in [5.41, 5.74) is 7.82. The molecule has 1 aliphatic carbocycles. The third-order valence-electron chi connectivity index (χ3n) is 3.46. The topological polar surface area (TPSA) is 59.1 Å². The normalized spacial score (nSPS) is 26.8.